The van der Waals surface area contributed by atoms with Gasteiger partial charge in [-0.05, 0) is 42.3 Å². The Labute approximate surface area is 169 Å². The lowest BCUT2D eigenvalue weighted by atomic mass is 10.0. The second-order valence-corrected chi connectivity index (χ2v) is 6.73. The van der Waals surface area contributed by atoms with Gasteiger partial charge in [0.15, 0.2) is 0 Å². The van der Waals surface area contributed by atoms with Crippen LogP contribution in [0.3, 0.4) is 0 Å². The smallest absolute Gasteiger partial charge is 0.282 e. The Bertz CT molecular complexity index is 1120. The average molecular weight is 384 g/mol. The molecule has 0 spiro atoms. The number of carbonyl (C=O) groups is 2. The summed E-state index contributed by atoms with van der Waals surface area (Å²) >= 11 is 0. The number of nitrogens with one attached hydrogen (secondary N) is 1. The molecule has 5 heteroatoms. The van der Waals surface area contributed by atoms with Crippen LogP contribution in [0, 0.1) is 6.92 Å². The molecule has 0 saturated carbocycles. The first-order chi connectivity index (χ1) is 14.1. The molecule has 1 aliphatic rings. The van der Waals surface area contributed by atoms with Gasteiger partial charge in [-0.1, -0.05) is 54.6 Å². The van der Waals surface area contributed by atoms with Crippen LogP contribution in [0.2, 0.25) is 0 Å². The molecule has 4 rings (SSSR count). The van der Waals surface area contributed by atoms with Crippen LogP contribution in [0.5, 0.6) is 5.75 Å². The number of anilines is 2. The Kier molecular flexibility index (Phi) is 4.87. The highest BCUT2D eigenvalue weighted by molar-refractivity contribution is 6.46. The average Bonchev–Trinajstić information content (AvgIpc) is 2.98. The van der Waals surface area contributed by atoms with Crippen molar-refractivity contribution in [3.8, 4) is 5.75 Å². The second kappa shape index (κ2) is 7.64. The van der Waals surface area contributed by atoms with Gasteiger partial charge in [0.2, 0.25) is 0 Å². The van der Waals surface area contributed by atoms with E-state index in [0.29, 0.717) is 22.6 Å². The third-order valence-corrected chi connectivity index (χ3v) is 4.76. The largest absolute Gasteiger partial charge is 0.495 e. The maximum absolute atomic E-state index is 13.4. The van der Waals surface area contributed by atoms with E-state index in [0.717, 1.165) is 11.3 Å². The van der Waals surface area contributed by atoms with Crippen molar-refractivity contribution in [2.45, 2.75) is 6.92 Å². The van der Waals surface area contributed by atoms with E-state index in [1.165, 1.54) is 12.0 Å². The Morgan fingerprint density at radius 1 is 0.828 bits per heavy atom. The van der Waals surface area contributed by atoms with Crippen LogP contribution in [-0.2, 0) is 9.59 Å². The van der Waals surface area contributed by atoms with Gasteiger partial charge in [-0.25, -0.2) is 4.90 Å². The zero-order valence-corrected chi connectivity index (χ0v) is 16.2. The standard InChI is InChI=1S/C24H20N2O3/c1-16-9-8-12-18(15-16)25-22-21(17-10-4-3-5-11-17)23(27)26(24(22)28)19-13-6-7-14-20(19)29-2/h3-15,25H,1-2H3. The van der Waals surface area contributed by atoms with Crippen LogP contribution in [0.25, 0.3) is 5.57 Å². The Morgan fingerprint density at radius 3 is 2.28 bits per heavy atom. The molecule has 5 nitrogen and oxygen atoms in total. The van der Waals surface area contributed by atoms with E-state index in [2.05, 4.69) is 5.32 Å². The molecule has 2 amide bonds. The molecule has 29 heavy (non-hydrogen) atoms. The summed E-state index contributed by atoms with van der Waals surface area (Å²) in [6, 6.07) is 23.9. The number of ether oxygens (including phenoxy) is 1. The molecule has 1 aliphatic heterocycles. The minimum absolute atomic E-state index is 0.248. The van der Waals surface area contributed by atoms with Crippen molar-refractivity contribution in [1.82, 2.24) is 0 Å². The van der Waals surface area contributed by atoms with Crippen LogP contribution in [0.1, 0.15) is 11.1 Å². The summed E-state index contributed by atoms with van der Waals surface area (Å²) in [5, 5.41) is 3.17. The van der Waals surface area contributed by atoms with Crippen LogP contribution in [-0.4, -0.2) is 18.9 Å². The van der Waals surface area contributed by atoms with Gasteiger partial charge in [0.25, 0.3) is 11.8 Å². The van der Waals surface area contributed by atoms with E-state index in [9.17, 15) is 9.59 Å². The Balaban J connectivity index is 1.84. The monoisotopic (exact) mass is 384 g/mol. The number of nitrogens with zero attached hydrogens (tertiary/aromatic N) is 1. The molecule has 0 aromatic heterocycles. The normalized spacial score (nSPS) is 13.8. The SMILES string of the molecule is COc1ccccc1N1C(=O)C(Nc2cccc(C)c2)=C(c2ccccc2)C1=O. The number of hydrogen-bond donors (Lipinski definition) is 1. The number of hydrogen-bond acceptors (Lipinski definition) is 4. The maximum Gasteiger partial charge on any atom is 0.282 e. The van der Waals surface area contributed by atoms with Crippen LogP contribution < -0.4 is 15.0 Å². The van der Waals surface area contributed by atoms with Crippen LogP contribution in [0.15, 0.2) is 84.6 Å². The predicted octanol–water partition coefficient (Wildman–Crippen LogP) is 4.40. The van der Waals surface area contributed by atoms with E-state index < -0.39 is 5.91 Å². The van der Waals surface area contributed by atoms with Crippen molar-refractivity contribution in [3.05, 3.63) is 95.7 Å². The Morgan fingerprint density at radius 2 is 1.55 bits per heavy atom. The highest BCUT2D eigenvalue weighted by Gasteiger charge is 2.41. The summed E-state index contributed by atoms with van der Waals surface area (Å²) in [4.78, 5) is 28.0. The first-order valence-electron chi connectivity index (χ1n) is 9.25. The summed E-state index contributed by atoms with van der Waals surface area (Å²) in [6.07, 6.45) is 0. The number of para-hydroxylation sites is 2. The van der Waals surface area contributed by atoms with Gasteiger partial charge >= 0.3 is 0 Å². The Hall–Kier alpha value is -3.86. The summed E-state index contributed by atoms with van der Waals surface area (Å²) in [7, 11) is 1.52. The van der Waals surface area contributed by atoms with Crippen molar-refractivity contribution in [3.63, 3.8) is 0 Å². The predicted molar refractivity (Wildman–Crippen MR) is 114 cm³/mol. The molecule has 0 radical (unpaired) electrons. The topological polar surface area (TPSA) is 58.6 Å². The van der Waals surface area contributed by atoms with E-state index in [-0.39, 0.29) is 11.6 Å². The van der Waals surface area contributed by atoms with Crippen molar-refractivity contribution >= 4 is 28.8 Å². The zero-order valence-electron chi connectivity index (χ0n) is 16.2. The van der Waals surface area contributed by atoms with Gasteiger partial charge in [0.05, 0.1) is 18.4 Å². The first kappa shape index (κ1) is 18.5. The summed E-state index contributed by atoms with van der Waals surface area (Å²) < 4.78 is 5.38. The summed E-state index contributed by atoms with van der Waals surface area (Å²) in [5.41, 5.74) is 3.48. The molecule has 0 unspecified atom stereocenters. The van der Waals surface area contributed by atoms with Crippen molar-refractivity contribution in [1.29, 1.82) is 0 Å². The lowest BCUT2D eigenvalue weighted by Gasteiger charge is -2.18. The number of imide groups is 1. The minimum Gasteiger partial charge on any atom is -0.495 e. The molecule has 144 valence electrons. The molecular weight excluding hydrogens is 364 g/mol. The highest BCUT2D eigenvalue weighted by atomic mass is 16.5. The minimum atomic E-state index is -0.417. The molecule has 0 aliphatic carbocycles. The number of carbonyl (C=O) groups excluding carboxylic acids is 2. The van der Waals surface area contributed by atoms with Crippen molar-refractivity contribution < 1.29 is 14.3 Å². The molecule has 3 aromatic rings. The summed E-state index contributed by atoms with van der Waals surface area (Å²) in [6.45, 7) is 1.97. The van der Waals surface area contributed by atoms with Crippen molar-refractivity contribution in [2.75, 3.05) is 17.3 Å². The van der Waals surface area contributed by atoms with Crippen LogP contribution >= 0.6 is 0 Å². The molecule has 0 atom stereocenters. The fourth-order valence-corrected chi connectivity index (χ4v) is 3.42. The number of aryl methyl sites for hydroxylation is 1. The molecular formula is C24H20N2O3. The molecule has 1 N–H and O–H groups in total. The zero-order chi connectivity index (χ0) is 20.4. The van der Waals surface area contributed by atoms with E-state index in [1.54, 1.807) is 24.3 Å². The van der Waals surface area contributed by atoms with Gasteiger partial charge in [-0.15, -0.1) is 0 Å². The number of rotatable bonds is 5. The maximum atomic E-state index is 13.4. The fourth-order valence-electron chi connectivity index (χ4n) is 3.42. The van der Waals surface area contributed by atoms with E-state index >= 15 is 0 Å². The molecule has 0 bridgehead atoms. The molecule has 3 aromatic carbocycles. The second-order valence-electron chi connectivity index (χ2n) is 6.73. The quantitative estimate of drug-likeness (QED) is 0.663. The number of methoxy groups -OCH3 is 1. The van der Waals surface area contributed by atoms with Gasteiger partial charge in [-0.2, -0.15) is 0 Å². The molecule has 1 heterocycles. The highest BCUT2D eigenvalue weighted by Crippen LogP contribution is 2.37. The van der Waals surface area contributed by atoms with E-state index in [4.69, 9.17) is 4.74 Å². The number of benzene rings is 3. The van der Waals surface area contributed by atoms with E-state index in [1.807, 2.05) is 61.5 Å². The van der Waals surface area contributed by atoms with Gasteiger partial charge in [0, 0.05) is 5.69 Å². The molecule has 0 fully saturated rings. The molecule has 0 saturated heterocycles. The third-order valence-electron chi connectivity index (χ3n) is 4.76. The van der Waals surface area contributed by atoms with Gasteiger partial charge in [-0.3, -0.25) is 9.59 Å². The van der Waals surface area contributed by atoms with Gasteiger partial charge < -0.3 is 10.1 Å². The summed E-state index contributed by atoms with van der Waals surface area (Å²) in [5.74, 6) is -0.348. The van der Waals surface area contributed by atoms with Gasteiger partial charge in [0.1, 0.15) is 11.4 Å². The lowest BCUT2D eigenvalue weighted by Crippen LogP contribution is -2.32. The third kappa shape index (κ3) is 3.38. The van der Waals surface area contributed by atoms with Crippen LogP contribution in [0.4, 0.5) is 11.4 Å². The fraction of sp³-hybridized carbons (Fsp3) is 0.0833. The lowest BCUT2D eigenvalue weighted by molar-refractivity contribution is -0.120. The first-order valence-corrected chi connectivity index (χ1v) is 9.25. The number of amides is 2. The van der Waals surface area contributed by atoms with Crippen molar-refractivity contribution in [2.24, 2.45) is 0 Å².